The number of benzene rings is 1. The van der Waals surface area contributed by atoms with Crippen LogP contribution in [0.25, 0.3) is 0 Å². The van der Waals surface area contributed by atoms with Gasteiger partial charge in [0.2, 0.25) is 0 Å². The van der Waals surface area contributed by atoms with Gasteiger partial charge in [-0.15, -0.1) is 0 Å². The van der Waals surface area contributed by atoms with E-state index in [4.69, 9.17) is 4.74 Å². The number of aliphatic hydroxyl groups excluding tert-OH is 1. The second kappa shape index (κ2) is 8.06. The molecule has 1 aromatic carbocycles. The van der Waals surface area contributed by atoms with Gasteiger partial charge in [0.05, 0.1) is 13.2 Å². The van der Waals surface area contributed by atoms with Crippen molar-refractivity contribution in [1.82, 2.24) is 5.32 Å². The van der Waals surface area contributed by atoms with Crippen LogP contribution in [0.5, 0.6) is 5.75 Å². The first kappa shape index (κ1) is 16.7. The SMILES string of the molecule is COc1ccc(C)cc1C(O)CNC1CCCCC1SC. The second-order valence-electron chi connectivity index (χ2n) is 5.83. The van der Waals surface area contributed by atoms with Gasteiger partial charge in [-0.3, -0.25) is 0 Å². The van der Waals surface area contributed by atoms with E-state index in [-0.39, 0.29) is 0 Å². The van der Waals surface area contributed by atoms with Gasteiger partial charge in [-0.1, -0.05) is 24.5 Å². The van der Waals surface area contributed by atoms with Crippen molar-refractivity contribution in [2.75, 3.05) is 19.9 Å². The highest BCUT2D eigenvalue weighted by Crippen LogP contribution is 2.29. The van der Waals surface area contributed by atoms with Crippen LogP contribution in [-0.2, 0) is 0 Å². The third kappa shape index (κ3) is 4.38. The standard InChI is InChI=1S/C17H27NO2S/c1-12-8-9-16(20-2)13(10-12)15(19)11-18-14-6-4-5-7-17(14)21-3/h8-10,14-15,17-19H,4-7,11H2,1-3H3. The molecule has 4 heteroatoms. The third-order valence-electron chi connectivity index (χ3n) is 4.32. The van der Waals surface area contributed by atoms with Crippen LogP contribution in [0.1, 0.15) is 42.9 Å². The van der Waals surface area contributed by atoms with E-state index in [0.717, 1.165) is 16.9 Å². The summed E-state index contributed by atoms with van der Waals surface area (Å²) in [5.74, 6) is 0.764. The fraction of sp³-hybridized carbons (Fsp3) is 0.647. The molecule has 1 aliphatic rings. The van der Waals surface area contributed by atoms with Gasteiger partial charge >= 0.3 is 0 Å². The van der Waals surface area contributed by atoms with Gasteiger partial charge in [0, 0.05) is 23.4 Å². The van der Waals surface area contributed by atoms with Crippen molar-refractivity contribution in [2.24, 2.45) is 0 Å². The molecule has 0 amide bonds. The van der Waals surface area contributed by atoms with E-state index in [9.17, 15) is 5.11 Å². The predicted molar refractivity (Wildman–Crippen MR) is 90.3 cm³/mol. The average Bonchev–Trinajstić information content (AvgIpc) is 2.52. The molecule has 3 nitrogen and oxygen atoms in total. The summed E-state index contributed by atoms with van der Waals surface area (Å²) in [5.41, 5.74) is 2.02. The lowest BCUT2D eigenvalue weighted by atomic mass is 9.94. The van der Waals surface area contributed by atoms with E-state index < -0.39 is 6.10 Å². The van der Waals surface area contributed by atoms with Crippen molar-refractivity contribution in [1.29, 1.82) is 0 Å². The van der Waals surface area contributed by atoms with Crippen molar-refractivity contribution < 1.29 is 9.84 Å². The first-order valence-electron chi connectivity index (χ1n) is 7.74. The Morgan fingerprint density at radius 2 is 2.14 bits per heavy atom. The van der Waals surface area contributed by atoms with Gasteiger partial charge in [0.25, 0.3) is 0 Å². The van der Waals surface area contributed by atoms with Gasteiger partial charge in [-0.05, 0) is 38.2 Å². The van der Waals surface area contributed by atoms with E-state index in [2.05, 4.69) is 11.6 Å². The minimum Gasteiger partial charge on any atom is -0.496 e. The lowest BCUT2D eigenvalue weighted by Gasteiger charge is -2.32. The van der Waals surface area contributed by atoms with Crippen LogP contribution in [0, 0.1) is 6.92 Å². The average molecular weight is 309 g/mol. The van der Waals surface area contributed by atoms with Gasteiger partial charge in [0.1, 0.15) is 5.75 Å². The monoisotopic (exact) mass is 309 g/mol. The summed E-state index contributed by atoms with van der Waals surface area (Å²) in [5, 5.41) is 14.7. The van der Waals surface area contributed by atoms with Crippen LogP contribution in [-0.4, -0.2) is 36.3 Å². The maximum Gasteiger partial charge on any atom is 0.124 e. The highest BCUT2D eigenvalue weighted by atomic mass is 32.2. The molecule has 1 aliphatic carbocycles. The fourth-order valence-electron chi connectivity index (χ4n) is 3.10. The van der Waals surface area contributed by atoms with Crippen LogP contribution < -0.4 is 10.1 Å². The van der Waals surface area contributed by atoms with E-state index in [1.54, 1.807) is 7.11 Å². The zero-order valence-corrected chi connectivity index (χ0v) is 14.1. The molecular weight excluding hydrogens is 282 g/mol. The van der Waals surface area contributed by atoms with E-state index in [1.807, 2.05) is 36.9 Å². The molecule has 0 aromatic heterocycles. The Kier molecular flexibility index (Phi) is 6.40. The van der Waals surface area contributed by atoms with Crippen LogP contribution in [0.3, 0.4) is 0 Å². The second-order valence-corrected chi connectivity index (χ2v) is 6.91. The molecule has 118 valence electrons. The predicted octanol–water partition coefficient (Wildman–Crippen LogP) is 3.30. The van der Waals surface area contributed by atoms with Crippen LogP contribution in [0.2, 0.25) is 0 Å². The largest absolute Gasteiger partial charge is 0.496 e. The summed E-state index contributed by atoms with van der Waals surface area (Å²) < 4.78 is 5.36. The summed E-state index contributed by atoms with van der Waals surface area (Å²) in [6, 6.07) is 6.46. The Morgan fingerprint density at radius 1 is 1.38 bits per heavy atom. The number of aryl methyl sites for hydroxylation is 1. The Bertz CT molecular complexity index is 452. The summed E-state index contributed by atoms with van der Waals surface area (Å²) in [4.78, 5) is 0. The molecule has 1 saturated carbocycles. The first-order chi connectivity index (χ1) is 10.2. The molecule has 0 saturated heterocycles. The number of hydrogen-bond donors (Lipinski definition) is 2. The number of nitrogens with one attached hydrogen (secondary N) is 1. The van der Waals surface area contributed by atoms with Crippen LogP contribution in [0.15, 0.2) is 18.2 Å². The number of thioether (sulfide) groups is 1. The number of methoxy groups -OCH3 is 1. The lowest BCUT2D eigenvalue weighted by Crippen LogP contribution is -2.42. The van der Waals surface area contributed by atoms with Crippen molar-refractivity contribution in [2.45, 2.75) is 50.0 Å². The molecule has 0 aliphatic heterocycles. The Hall–Kier alpha value is -0.710. The van der Waals surface area contributed by atoms with Gasteiger partial charge in [-0.25, -0.2) is 0 Å². The van der Waals surface area contributed by atoms with Gasteiger partial charge in [-0.2, -0.15) is 11.8 Å². The fourth-order valence-corrected chi connectivity index (χ4v) is 4.06. The highest BCUT2D eigenvalue weighted by molar-refractivity contribution is 7.99. The molecule has 0 spiro atoms. The Labute approximate surface area is 132 Å². The highest BCUT2D eigenvalue weighted by Gasteiger charge is 2.25. The van der Waals surface area contributed by atoms with Gasteiger partial charge in [0.15, 0.2) is 0 Å². The first-order valence-corrected chi connectivity index (χ1v) is 9.03. The summed E-state index contributed by atoms with van der Waals surface area (Å²) in [6.07, 6.45) is 6.77. The zero-order valence-electron chi connectivity index (χ0n) is 13.3. The number of ether oxygens (including phenoxy) is 1. The summed E-state index contributed by atoms with van der Waals surface area (Å²) >= 11 is 1.94. The molecule has 0 heterocycles. The minimum atomic E-state index is -0.524. The van der Waals surface area contributed by atoms with Crippen LogP contribution in [0.4, 0.5) is 0 Å². The summed E-state index contributed by atoms with van der Waals surface area (Å²) in [7, 11) is 1.65. The van der Waals surface area contributed by atoms with E-state index in [0.29, 0.717) is 17.8 Å². The maximum absolute atomic E-state index is 10.5. The number of rotatable bonds is 6. The van der Waals surface area contributed by atoms with Crippen molar-refractivity contribution >= 4 is 11.8 Å². The smallest absolute Gasteiger partial charge is 0.124 e. The normalized spacial score (nSPS) is 23.8. The molecule has 2 rings (SSSR count). The molecular formula is C17H27NO2S. The molecule has 0 bridgehead atoms. The molecule has 3 atom stereocenters. The summed E-state index contributed by atoms with van der Waals surface area (Å²) in [6.45, 7) is 2.62. The molecule has 21 heavy (non-hydrogen) atoms. The number of hydrogen-bond acceptors (Lipinski definition) is 4. The van der Waals surface area contributed by atoms with E-state index >= 15 is 0 Å². The Balaban J connectivity index is 1.97. The minimum absolute atomic E-state index is 0.513. The molecule has 3 unspecified atom stereocenters. The van der Waals surface area contributed by atoms with Crippen LogP contribution >= 0.6 is 11.8 Å². The van der Waals surface area contributed by atoms with Crippen molar-refractivity contribution in [3.8, 4) is 5.75 Å². The maximum atomic E-state index is 10.5. The zero-order chi connectivity index (χ0) is 15.2. The molecule has 1 aromatic rings. The van der Waals surface area contributed by atoms with Crippen molar-refractivity contribution in [3.63, 3.8) is 0 Å². The van der Waals surface area contributed by atoms with Gasteiger partial charge < -0.3 is 15.2 Å². The molecule has 1 fully saturated rings. The Morgan fingerprint density at radius 3 is 2.86 bits per heavy atom. The number of aliphatic hydroxyl groups is 1. The quantitative estimate of drug-likeness (QED) is 0.846. The van der Waals surface area contributed by atoms with Crippen molar-refractivity contribution in [3.05, 3.63) is 29.3 Å². The topological polar surface area (TPSA) is 41.5 Å². The molecule has 2 N–H and O–H groups in total. The molecule has 0 radical (unpaired) electrons. The lowest BCUT2D eigenvalue weighted by molar-refractivity contribution is 0.162. The third-order valence-corrected chi connectivity index (χ3v) is 5.49. The van der Waals surface area contributed by atoms with E-state index in [1.165, 1.54) is 25.7 Å².